The molecular formula is C14H16N2OS. The Morgan fingerprint density at radius 2 is 2.22 bits per heavy atom. The van der Waals surface area contributed by atoms with E-state index in [-0.39, 0.29) is 0 Å². The van der Waals surface area contributed by atoms with E-state index in [9.17, 15) is 0 Å². The van der Waals surface area contributed by atoms with Crippen LogP contribution in [0.15, 0.2) is 42.3 Å². The zero-order valence-corrected chi connectivity index (χ0v) is 11.0. The fourth-order valence-electron chi connectivity index (χ4n) is 1.63. The molecule has 2 rings (SSSR count). The number of allylic oxidation sites excluding steroid dienone is 1. The summed E-state index contributed by atoms with van der Waals surface area (Å²) < 4.78 is 5.79. The molecule has 0 radical (unpaired) electrons. The second-order valence-corrected chi connectivity index (χ2v) is 4.77. The highest BCUT2D eigenvalue weighted by atomic mass is 32.1. The standard InChI is InChI=1S/C14H16N2OS/c1-2-5-11-6-3-4-7-13(11)17-9-12-10-18-14(8-15)16-12/h2-4,6-7,10H,1,5,8-9,15H2. The van der Waals surface area contributed by atoms with Gasteiger partial charge in [-0.3, -0.25) is 0 Å². The van der Waals surface area contributed by atoms with Gasteiger partial charge in [0.2, 0.25) is 0 Å². The van der Waals surface area contributed by atoms with E-state index < -0.39 is 0 Å². The maximum absolute atomic E-state index is 5.79. The van der Waals surface area contributed by atoms with Crippen molar-refractivity contribution in [2.75, 3.05) is 0 Å². The first-order valence-electron chi connectivity index (χ1n) is 5.78. The van der Waals surface area contributed by atoms with Crippen molar-refractivity contribution in [3.05, 3.63) is 58.6 Å². The third kappa shape index (κ3) is 3.18. The van der Waals surface area contributed by atoms with Gasteiger partial charge in [0.25, 0.3) is 0 Å². The number of benzene rings is 1. The molecule has 18 heavy (non-hydrogen) atoms. The van der Waals surface area contributed by atoms with Gasteiger partial charge in [-0.2, -0.15) is 0 Å². The van der Waals surface area contributed by atoms with Gasteiger partial charge >= 0.3 is 0 Å². The maximum atomic E-state index is 5.79. The number of nitrogens with zero attached hydrogens (tertiary/aromatic N) is 1. The summed E-state index contributed by atoms with van der Waals surface area (Å²) in [6, 6.07) is 7.98. The summed E-state index contributed by atoms with van der Waals surface area (Å²) in [6.07, 6.45) is 2.68. The van der Waals surface area contributed by atoms with Crippen molar-refractivity contribution in [1.82, 2.24) is 4.98 Å². The van der Waals surface area contributed by atoms with Gasteiger partial charge in [-0.15, -0.1) is 17.9 Å². The third-order valence-corrected chi connectivity index (χ3v) is 3.41. The van der Waals surface area contributed by atoms with Crippen molar-refractivity contribution in [2.45, 2.75) is 19.6 Å². The molecule has 0 amide bonds. The first-order chi connectivity index (χ1) is 8.83. The normalized spacial score (nSPS) is 10.3. The molecule has 2 aromatic rings. The predicted octanol–water partition coefficient (Wildman–Crippen LogP) is 2.91. The quantitative estimate of drug-likeness (QED) is 0.812. The van der Waals surface area contributed by atoms with Crippen molar-refractivity contribution >= 4 is 11.3 Å². The zero-order valence-electron chi connectivity index (χ0n) is 10.1. The third-order valence-electron chi connectivity index (χ3n) is 2.49. The van der Waals surface area contributed by atoms with Crippen molar-refractivity contribution in [3.63, 3.8) is 0 Å². The Morgan fingerprint density at radius 3 is 2.94 bits per heavy atom. The van der Waals surface area contributed by atoms with Crippen LogP contribution in [-0.4, -0.2) is 4.98 Å². The lowest BCUT2D eigenvalue weighted by atomic mass is 10.1. The molecule has 0 fully saturated rings. The number of thiazole rings is 1. The van der Waals surface area contributed by atoms with Gasteiger partial charge in [0, 0.05) is 11.9 Å². The van der Waals surface area contributed by atoms with Crippen LogP contribution in [0.2, 0.25) is 0 Å². The van der Waals surface area contributed by atoms with Crippen LogP contribution in [0.1, 0.15) is 16.3 Å². The number of hydrogen-bond donors (Lipinski definition) is 1. The minimum absolute atomic E-state index is 0.477. The second kappa shape index (κ2) is 6.33. The Kier molecular flexibility index (Phi) is 4.50. The van der Waals surface area contributed by atoms with E-state index in [1.54, 1.807) is 11.3 Å². The lowest BCUT2D eigenvalue weighted by molar-refractivity contribution is 0.299. The Bertz CT molecular complexity index is 522. The van der Waals surface area contributed by atoms with Crippen LogP contribution in [0.5, 0.6) is 5.75 Å². The van der Waals surface area contributed by atoms with Gasteiger partial charge in [-0.1, -0.05) is 24.3 Å². The van der Waals surface area contributed by atoms with Crippen molar-refractivity contribution < 1.29 is 4.74 Å². The fourth-order valence-corrected chi connectivity index (χ4v) is 2.29. The molecular weight excluding hydrogens is 244 g/mol. The van der Waals surface area contributed by atoms with Gasteiger partial charge in [-0.25, -0.2) is 4.98 Å². The maximum Gasteiger partial charge on any atom is 0.131 e. The lowest BCUT2D eigenvalue weighted by Gasteiger charge is -2.08. The molecule has 1 heterocycles. The molecule has 0 saturated heterocycles. The summed E-state index contributed by atoms with van der Waals surface area (Å²) in [5.41, 5.74) is 7.60. The molecule has 1 aromatic heterocycles. The van der Waals surface area contributed by atoms with Crippen molar-refractivity contribution in [1.29, 1.82) is 0 Å². The number of aromatic nitrogens is 1. The predicted molar refractivity (Wildman–Crippen MR) is 74.7 cm³/mol. The van der Waals surface area contributed by atoms with Gasteiger partial charge in [0.1, 0.15) is 17.4 Å². The largest absolute Gasteiger partial charge is 0.487 e. The summed E-state index contributed by atoms with van der Waals surface area (Å²) in [7, 11) is 0. The van der Waals surface area contributed by atoms with Crippen molar-refractivity contribution in [2.24, 2.45) is 5.73 Å². The summed E-state index contributed by atoms with van der Waals surface area (Å²) in [6.45, 7) is 4.71. The number of para-hydroxylation sites is 1. The average molecular weight is 260 g/mol. The van der Waals surface area contributed by atoms with Crippen LogP contribution >= 0.6 is 11.3 Å². The monoisotopic (exact) mass is 260 g/mol. The highest BCUT2D eigenvalue weighted by Gasteiger charge is 2.04. The van der Waals surface area contributed by atoms with Gasteiger partial charge in [0.05, 0.1) is 5.69 Å². The smallest absolute Gasteiger partial charge is 0.131 e. The van der Waals surface area contributed by atoms with Gasteiger partial charge in [0.15, 0.2) is 0 Å². The molecule has 0 saturated carbocycles. The van der Waals surface area contributed by atoms with E-state index in [0.717, 1.165) is 28.4 Å². The Morgan fingerprint density at radius 1 is 1.39 bits per heavy atom. The van der Waals surface area contributed by atoms with Gasteiger partial charge < -0.3 is 10.5 Å². The summed E-state index contributed by atoms with van der Waals surface area (Å²) in [4.78, 5) is 4.37. The van der Waals surface area contributed by atoms with Crippen LogP contribution in [0.3, 0.4) is 0 Å². The molecule has 2 N–H and O–H groups in total. The first kappa shape index (κ1) is 12.8. The van der Waals surface area contributed by atoms with Crippen LogP contribution in [0, 0.1) is 0 Å². The average Bonchev–Trinajstić information content (AvgIpc) is 2.86. The van der Waals surface area contributed by atoms with Crippen LogP contribution in [0.25, 0.3) is 0 Å². The Balaban J connectivity index is 2.03. The lowest BCUT2D eigenvalue weighted by Crippen LogP contribution is -2.00. The number of ether oxygens (including phenoxy) is 1. The van der Waals surface area contributed by atoms with Crippen LogP contribution in [0.4, 0.5) is 0 Å². The molecule has 0 aliphatic carbocycles. The van der Waals surface area contributed by atoms with Crippen LogP contribution in [-0.2, 0) is 19.6 Å². The van der Waals surface area contributed by atoms with E-state index in [1.807, 2.05) is 35.7 Å². The molecule has 0 bridgehead atoms. The van der Waals surface area contributed by atoms with E-state index in [1.165, 1.54) is 0 Å². The Labute approximate surface area is 111 Å². The summed E-state index contributed by atoms with van der Waals surface area (Å²) in [5, 5.41) is 2.92. The fraction of sp³-hybridized carbons (Fsp3) is 0.214. The first-order valence-corrected chi connectivity index (χ1v) is 6.66. The topological polar surface area (TPSA) is 48.1 Å². The minimum atomic E-state index is 0.477. The van der Waals surface area contributed by atoms with Crippen molar-refractivity contribution in [3.8, 4) is 5.75 Å². The molecule has 0 aliphatic rings. The van der Waals surface area contributed by atoms with Crippen LogP contribution < -0.4 is 10.5 Å². The number of hydrogen-bond acceptors (Lipinski definition) is 4. The SMILES string of the molecule is C=CCc1ccccc1OCc1csc(CN)n1. The zero-order chi connectivity index (χ0) is 12.8. The number of nitrogens with two attached hydrogens (primary N) is 1. The van der Waals surface area contributed by atoms with E-state index in [0.29, 0.717) is 13.2 Å². The second-order valence-electron chi connectivity index (χ2n) is 3.83. The van der Waals surface area contributed by atoms with Gasteiger partial charge in [-0.05, 0) is 18.1 Å². The summed E-state index contributed by atoms with van der Waals surface area (Å²) in [5.74, 6) is 0.889. The molecule has 1 aromatic carbocycles. The highest BCUT2D eigenvalue weighted by molar-refractivity contribution is 7.09. The summed E-state index contributed by atoms with van der Waals surface area (Å²) >= 11 is 1.57. The molecule has 3 nitrogen and oxygen atoms in total. The van der Waals surface area contributed by atoms with E-state index >= 15 is 0 Å². The van der Waals surface area contributed by atoms with E-state index in [2.05, 4.69) is 11.6 Å². The molecule has 0 spiro atoms. The minimum Gasteiger partial charge on any atom is -0.487 e. The molecule has 0 aliphatic heterocycles. The van der Waals surface area contributed by atoms with E-state index in [4.69, 9.17) is 10.5 Å². The molecule has 0 unspecified atom stereocenters. The molecule has 4 heteroatoms. The molecule has 94 valence electrons. The number of rotatable bonds is 6. The highest BCUT2D eigenvalue weighted by Crippen LogP contribution is 2.20. The Hall–Kier alpha value is -1.65. The molecule has 0 atom stereocenters.